The average Bonchev–Trinajstić information content (AvgIpc) is 3.47. The summed E-state index contributed by atoms with van der Waals surface area (Å²) >= 11 is 0. The van der Waals surface area contributed by atoms with Gasteiger partial charge in [0.2, 0.25) is 11.8 Å². The first-order valence-electron chi connectivity index (χ1n) is 13.7. The highest BCUT2D eigenvalue weighted by molar-refractivity contribution is 5.89. The Labute approximate surface area is 223 Å². The van der Waals surface area contributed by atoms with Crippen LogP contribution in [0, 0.1) is 18.8 Å². The predicted molar refractivity (Wildman–Crippen MR) is 146 cm³/mol. The lowest BCUT2D eigenvalue weighted by atomic mass is 9.86. The molecule has 1 aromatic carbocycles. The lowest BCUT2D eigenvalue weighted by molar-refractivity contribution is -0.130. The number of para-hydroxylation sites is 1. The van der Waals surface area contributed by atoms with E-state index in [9.17, 15) is 19.5 Å². The number of aromatic amines is 2. The Morgan fingerprint density at radius 3 is 2.53 bits per heavy atom. The van der Waals surface area contributed by atoms with E-state index in [1.165, 1.54) is 6.42 Å². The van der Waals surface area contributed by atoms with E-state index in [-0.39, 0.29) is 23.4 Å². The molecule has 2 amide bonds. The van der Waals surface area contributed by atoms with Crippen LogP contribution < -0.4 is 10.6 Å². The molecule has 0 spiro atoms. The largest absolute Gasteiger partial charge is 0.476 e. The van der Waals surface area contributed by atoms with Gasteiger partial charge < -0.3 is 25.7 Å². The van der Waals surface area contributed by atoms with Crippen molar-refractivity contribution in [1.29, 1.82) is 0 Å². The molecule has 0 saturated heterocycles. The lowest BCUT2D eigenvalue weighted by Gasteiger charge is -2.25. The third kappa shape index (κ3) is 6.82. The van der Waals surface area contributed by atoms with Crippen LogP contribution in [0.4, 0.5) is 0 Å². The Balaban J connectivity index is 1.56. The number of fused-ring (bicyclic) bond motifs is 1. The van der Waals surface area contributed by atoms with Crippen LogP contribution in [0.25, 0.3) is 10.9 Å². The Morgan fingerprint density at radius 1 is 1.11 bits per heavy atom. The van der Waals surface area contributed by atoms with Crippen molar-refractivity contribution < 1.29 is 19.5 Å². The number of hydrogen-bond acceptors (Lipinski definition) is 4. The van der Waals surface area contributed by atoms with E-state index in [4.69, 9.17) is 0 Å². The van der Waals surface area contributed by atoms with Crippen molar-refractivity contribution >= 4 is 28.7 Å². The molecule has 1 aliphatic carbocycles. The number of hydrogen-bond donors (Lipinski definition) is 5. The Bertz CT molecular complexity index is 1270. The zero-order valence-corrected chi connectivity index (χ0v) is 22.5. The highest BCUT2D eigenvalue weighted by Gasteiger charge is 2.29. The second kappa shape index (κ2) is 12.3. The van der Waals surface area contributed by atoms with E-state index < -0.39 is 18.1 Å². The maximum Gasteiger partial charge on any atom is 0.356 e. The quantitative estimate of drug-likeness (QED) is 0.247. The molecule has 5 N–H and O–H groups in total. The van der Waals surface area contributed by atoms with Gasteiger partial charge in [-0.2, -0.15) is 0 Å². The van der Waals surface area contributed by atoms with Crippen LogP contribution >= 0.6 is 0 Å². The number of aromatic carboxylic acids is 1. The number of benzene rings is 1. The molecule has 204 valence electrons. The van der Waals surface area contributed by atoms with Crippen molar-refractivity contribution in [3.63, 3.8) is 0 Å². The van der Waals surface area contributed by atoms with Gasteiger partial charge in [0, 0.05) is 35.6 Å². The first-order chi connectivity index (χ1) is 18.2. The van der Waals surface area contributed by atoms with Crippen molar-refractivity contribution in [2.45, 2.75) is 84.2 Å². The minimum Gasteiger partial charge on any atom is -0.476 e. The molecule has 4 rings (SSSR count). The number of nitrogens with zero attached hydrogens (tertiary/aromatic N) is 1. The summed E-state index contributed by atoms with van der Waals surface area (Å²) in [5, 5.41) is 16.6. The number of carbonyl (C=O) groups is 3. The molecule has 38 heavy (non-hydrogen) atoms. The van der Waals surface area contributed by atoms with Crippen LogP contribution in [0.2, 0.25) is 0 Å². The van der Waals surface area contributed by atoms with Gasteiger partial charge >= 0.3 is 5.97 Å². The van der Waals surface area contributed by atoms with E-state index in [2.05, 4.69) is 25.6 Å². The molecule has 9 heteroatoms. The van der Waals surface area contributed by atoms with E-state index in [1.807, 2.05) is 44.3 Å². The van der Waals surface area contributed by atoms with E-state index in [1.54, 1.807) is 6.92 Å². The predicted octanol–water partition coefficient (Wildman–Crippen LogP) is 4.80. The van der Waals surface area contributed by atoms with E-state index in [0.717, 1.165) is 42.1 Å². The Morgan fingerprint density at radius 2 is 1.84 bits per heavy atom. The maximum absolute atomic E-state index is 13.6. The number of H-pyrrole nitrogens is 2. The SMILES string of the molecule is Cc1[nH]c([C@@H](Cc2c[nH]c3ccccc23)NC(=O)[C@H](CC(C)C)NC(=O)CC2CCCCC2)nc1C(=O)O. The molecule has 1 saturated carbocycles. The highest BCUT2D eigenvalue weighted by atomic mass is 16.4. The average molecular weight is 522 g/mol. The van der Waals surface area contributed by atoms with Gasteiger partial charge in [-0.15, -0.1) is 0 Å². The van der Waals surface area contributed by atoms with E-state index in [0.29, 0.717) is 36.7 Å². The molecule has 1 fully saturated rings. The highest BCUT2D eigenvalue weighted by Crippen LogP contribution is 2.27. The second-order valence-corrected chi connectivity index (χ2v) is 11.0. The molecule has 0 aliphatic heterocycles. The molecule has 0 unspecified atom stereocenters. The van der Waals surface area contributed by atoms with Gasteiger partial charge in [-0.25, -0.2) is 9.78 Å². The van der Waals surface area contributed by atoms with Crippen molar-refractivity contribution in [2.24, 2.45) is 11.8 Å². The summed E-state index contributed by atoms with van der Waals surface area (Å²) < 4.78 is 0. The summed E-state index contributed by atoms with van der Waals surface area (Å²) in [5.74, 6) is -0.580. The van der Waals surface area contributed by atoms with Crippen LogP contribution in [-0.2, 0) is 16.0 Å². The Hall–Kier alpha value is -3.62. The molecule has 1 aliphatic rings. The van der Waals surface area contributed by atoms with Crippen LogP contribution in [-0.4, -0.2) is 43.9 Å². The minimum atomic E-state index is -1.13. The summed E-state index contributed by atoms with van der Waals surface area (Å²) in [7, 11) is 0. The number of aromatic nitrogens is 3. The van der Waals surface area contributed by atoms with Crippen molar-refractivity contribution in [2.75, 3.05) is 0 Å². The second-order valence-electron chi connectivity index (χ2n) is 11.0. The number of carbonyl (C=O) groups excluding carboxylic acids is 2. The number of amides is 2. The van der Waals surface area contributed by atoms with Gasteiger partial charge in [-0.05, 0) is 49.7 Å². The smallest absolute Gasteiger partial charge is 0.356 e. The lowest BCUT2D eigenvalue weighted by Crippen LogP contribution is -2.49. The number of aryl methyl sites for hydroxylation is 1. The molecule has 3 aromatic rings. The summed E-state index contributed by atoms with van der Waals surface area (Å²) in [5.41, 5.74) is 2.29. The maximum atomic E-state index is 13.6. The molecule has 9 nitrogen and oxygen atoms in total. The molecular formula is C29H39N5O4. The molecule has 0 radical (unpaired) electrons. The molecule has 2 atom stereocenters. The fourth-order valence-electron chi connectivity index (χ4n) is 5.48. The van der Waals surface area contributed by atoms with Gasteiger partial charge in [0.25, 0.3) is 0 Å². The Kier molecular flexibility index (Phi) is 8.86. The molecule has 2 aromatic heterocycles. The van der Waals surface area contributed by atoms with Gasteiger partial charge in [-0.3, -0.25) is 9.59 Å². The van der Waals surface area contributed by atoms with Gasteiger partial charge in [0.15, 0.2) is 5.69 Å². The third-order valence-electron chi connectivity index (χ3n) is 7.41. The molecule has 2 heterocycles. The first-order valence-corrected chi connectivity index (χ1v) is 13.7. The monoisotopic (exact) mass is 521 g/mol. The van der Waals surface area contributed by atoms with E-state index >= 15 is 0 Å². The fourth-order valence-corrected chi connectivity index (χ4v) is 5.48. The zero-order chi connectivity index (χ0) is 27.2. The standard InChI is InChI=1S/C29H39N5O4/c1-17(2)13-24(32-25(35)14-19-9-5-4-6-10-19)28(36)33-23(27-31-18(3)26(34-27)29(37)38)15-20-16-30-22-12-8-7-11-21(20)22/h7-8,11-12,16-17,19,23-24,30H,4-6,9-10,13-15H2,1-3H3,(H,31,34)(H,32,35)(H,33,36)(H,37,38)/t23-,24+/m1/s1. The summed E-state index contributed by atoms with van der Waals surface area (Å²) in [4.78, 5) is 48.8. The topological polar surface area (TPSA) is 140 Å². The summed E-state index contributed by atoms with van der Waals surface area (Å²) in [6.45, 7) is 5.69. The molecule has 0 bridgehead atoms. The number of imidazole rings is 1. The van der Waals surface area contributed by atoms with Crippen molar-refractivity contribution in [1.82, 2.24) is 25.6 Å². The zero-order valence-electron chi connectivity index (χ0n) is 22.5. The van der Waals surface area contributed by atoms with Crippen LogP contribution in [0.1, 0.15) is 92.4 Å². The van der Waals surface area contributed by atoms with Crippen LogP contribution in [0.15, 0.2) is 30.5 Å². The summed E-state index contributed by atoms with van der Waals surface area (Å²) in [6, 6.07) is 6.58. The minimum absolute atomic E-state index is 0.0716. The van der Waals surface area contributed by atoms with Gasteiger partial charge in [0.05, 0.1) is 6.04 Å². The van der Waals surface area contributed by atoms with Crippen molar-refractivity contribution in [3.8, 4) is 0 Å². The normalized spacial score (nSPS) is 15.9. The van der Waals surface area contributed by atoms with Crippen molar-refractivity contribution in [3.05, 3.63) is 53.2 Å². The third-order valence-corrected chi connectivity index (χ3v) is 7.41. The fraction of sp³-hybridized carbons (Fsp3) is 0.517. The van der Waals surface area contributed by atoms with Gasteiger partial charge in [0.1, 0.15) is 11.9 Å². The van der Waals surface area contributed by atoms with Gasteiger partial charge in [-0.1, -0.05) is 51.3 Å². The number of carboxylic acids is 1. The number of carboxylic acid groups (broad SMARTS) is 1. The number of nitrogens with one attached hydrogen (secondary N) is 4. The summed E-state index contributed by atoms with van der Waals surface area (Å²) in [6.07, 6.45) is 8.90. The van der Waals surface area contributed by atoms with Crippen LogP contribution in [0.5, 0.6) is 0 Å². The molecular weight excluding hydrogens is 482 g/mol. The number of rotatable bonds is 11. The van der Waals surface area contributed by atoms with Crippen LogP contribution in [0.3, 0.4) is 0 Å². The first kappa shape index (κ1) is 27.4.